The van der Waals surface area contributed by atoms with Crippen molar-refractivity contribution in [2.45, 2.75) is 32.2 Å². The summed E-state index contributed by atoms with van der Waals surface area (Å²) in [7, 11) is 0. The Bertz CT molecular complexity index is 564. The fourth-order valence-electron chi connectivity index (χ4n) is 2.53. The Labute approximate surface area is 120 Å². The summed E-state index contributed by atoms with van der Waals surface area (Å²) in [5.74, 6) is 0. The molecule has 1 heterocycles. The Morgan fingerprint density at radius 1 is 1.25 bits per heavy atom. The van der Waals surface area contributed by atoms with Crippen molar-refractivity contribution in [2.24, 2.45) is 0 Å². The number of nitro groups is 2. The van der Waals surface area contributed by atoms with Gasteiger partial charge in [-0.05, 0) is 26.2 Å². The third-order valence-corrected chi connectivity index (χ3v) is 3.81. The van der Waals surface area contributed by atoms with Crippen LogP contribution in [0.2, 0.25) is 5.02 Å². The second-order valence-corrected chi connectivity index (χ2v) is 5.25. The summed E-state index contributed by atoms with van der Waals surface area (Å²) in [6.45, 7) is 2.64. The first-order valence-electron chi connectivity index (χ1n) is 6.30. The Balaban J connectivity index is 2.56. The smallest absolute Gasteiger partial charge is 0.300 e. The Morgan fingerprint density at radius 2 is 1.95 bits per heavy atom. The molecule has 2 rings (SSSR count). The van der Waals surface area contributed by atoms with Gasteiger partial charge in [-0.1, -0.05) is 11.6 Å². The van der Waals surface area contributed by atoms with Gasteiger partial charge in [-0.3, -0.25) is 20.2 Å². The largest absolute Gasteiger partial charge is 0.362 e. The van der Waals surface area contributed by atoms with E-state index in [9.17, 15) is 20.2 Å². The molecule has 0 radical (unpaired) electrons. The minimum Gasteiger partial charge on any atom is -0.362 e. The predicted molar refractivity (Wildman–Crippen MR) is 75.4 cm³/mol. The molecule has 8 heteroatoms. The van der Waals surface area contributed by atoms with Crippen molar-refractivity contribution in [1.82, 2.24) is 0 Å². The Kier molecular flexibility index (Phi) is 4.08. The molecule has 7 nitrogen and oxygen atoms in total. The molecule has 1 fully saturated rings. The van der Waals surface area contributed by atoms with Gasteiger partial charge in [0, 0.05) is 18.7 Å². The van der Waals surface area contributed by atoms with E-state index in [-0.39, 0.29) is 28.1 Å². The molecule has 1 aliphatic heterocycles. The number of rotatable bonds is 3. The molecule has 0 aliphatic carbocycles. The number of anilines is 1. The molecule has 1 aromatic rings. The number of hydrogen-bond donors (Lipinski definition) is 0. The second-order valence-electron chi connectivity index (χ2n) is 4.85. The highest BCUT2D eigenvalue weighted by molar-refractivity contribution is 6.34. The average molecular weight is 300 g/mol. The number of piperidine rings is 1. The molecule has 1 aromatic carbocycles. The standard InChI is InChI=1S/C12H14ClN3O4/c1-8-4-2-3-5-14(8)12-10(13)6-9(15(17)18)7-11(12)16(19)20/h6-8H,2-5H2,1H3/t8-/m1/s1. The lowest BCUT2D eigenvalue weighted by atomic mass is 10.0. The van der Waals surface area contributed by atoms with E-state index in [1.54, 1.807) is 0 Å². The van der Waals surface area contributed by atoms with Crippen LogP contribution in [0.3, 0.4) is 0 Å². The molecule has 0 amide bonds. The molecular formula is C12H14ClN3O4. The van der Waals surface area contributed by atoms with E-state index >= 15 is 0 Å². The SMILES string of the molecule is C[C@@H]1CCCCN1c1c(Cl)cc([N+](=O)[O-])cc1[N+](=O)[O-]. The fourth-order valence-corrected chi connectivity index (χ4v) is 2.85. The van der Waals surface area contributed by atoms with Gasteiger partial charge < -0.3 is 4.90 Å². The van der Waals surface area contributed by atoms with Gasteiger partial charge in [-0.2, -0.15) is 0 Å². The van der Waals surface area contributed by atoms with Crippen LogP contribution in [0, 0.1) is 20.2 Å². The van der Waals surface area contributed by atoms with Crippen molar-refractivity contribution in [3.8, 4) is 0 Å². The zero-order valence-electron chi connectivity index (χ0n) is 10.9. The van der Waals surface area contributed by atoms with Gasteiger partial charge >= 0.3 is 5.69 Å². The lowest BCUT2D eigenvalue weighted by Gasteiger charge is -2.35. The quantitative estimate of drug-likeness (QED) is 0.629. The maximum Gasteiger partial charge on any atom is 0.300 e. The molecule has 0 unspecified atom stereocenters. The van der Waals surface area contributed by atoms with Crippen LogP contribution in [-0.4, -0.2) is 22.4 Å². The van der Waals surface area contributed by atoms with Crippen LogP contribution in [0.4, 0.5) is 17.1 Å². The highest BCUT2D eigenvalue weighted by Gasteiger charge is 2.30. The maximum absolute atomic E-state index is 11.2. The lowest BCUT2D eigenvalue weighted by molar-refractivity contribution is -0.393. The monoisotopic (exact) mass is 299 g/mol. The molecule has 0 saturated carbocycles. The molecule has 1 aliphatic rings. The van der Waals surface area contributed by atoms with Crippen LogP contribution in [-0.2, 0) is 0 Å². The molecule has 0 N–H and O–H groups in total. The van der Waals surface area contributed by atoms with Crippen LogP contribution in [0.25, 0.3) is 0 Å². The Morgan fingerprint density at radius 3 is 2.50 bits per heavy atom. The van der Waals surface area contributed by atoms with Gasteiger partial charge in [0.05, 0.1) is 20.9 Å². The zero-order chi connectivity index (χ0) is 14.9. The van der Waals surface area contributed by atoms with E-state index < -0.39 is 9.85 Å². The van der Waals surface area contributed by atoms with E-state index in [4.69, 9.17) is 11.6 Å². The number of benzene rings is 1. The first-order chi connectivity index (χ1) is 9.41. The summed E-state index contributed by atoms with van der Waals surface area (Å²) < 4.78 is 0. The van der Waals surface area contributed by atoms with Crippen molar-refractivity contribution in [3.63, 3.8) is 0 Å². The van der Waals surface area contributed by atoms with Gasteiger partial charge in [-0.15, -0.1) is 0 Å². The van der Waals surface area contributed by atoms with Gasteiger partial charge in [-0.25, -0.2) is 0 Å². The summed E-state index contributed by atoms with van der Waals surface area (Å²) in [4.78, 5) is 22.6. The Hall–Kier alpha value is -1.89. The highest BCUT2D eigenvalue weighted by Crippen LogP contribution is 2.41. The lowest BCUT2D eigenvalue weighted by Crippen LogP contribution is -2.38. The summed E-state index contributed by atoms with van der Waals surface area (Å²) >= 11 is 6.07. The van der Waals surface area contributed by atoms with Crippen LogP contribution >= 0.6 is 11.6 Å². The third kappa shape index (κ3) is 2.67. The normalized spacial score (nSPS) is 18.9. The summed E-state index contributed by atoms with van der Waals surface area (Å²) in [6, 6.07) is 2.27. The van der Waals surface area contributed by atoms with Gasteiger partial charge in [0.15, 0.2) is 0 Å². The van der Waals surface area contributed by atoms with Gasteiger partial charge in [0.2, 0.25) is 0 Å². The van der Waals surface area contributed by atoms with E-state index in [1.165, 1.54) is 6.07 Å². The topological polar surface area (TPSA) is 89.5 Å². The van der Waals surface area contributed by atoms with Gasteiger partial charge in [0.1, 0.15) is 5.69 Å². The molecule has 0 bridgehead atoms. The molecule has 20 heavy (non-hydrogen) atoms. The van der Waals surface area contributed by atoms with E-state index in [0.29, 0.717) is 6.54 Å². The van der Waals surface area contributed by atoms with Crippen molar-refractivity contribution < 1.29 is 9.85 Å². The van der Waals surface area contributed by atoms with Crippen molar-refractivity contribution in [1.29, 1.82) is 0 Å². The van der Waals surface area contributed by atoms with E-state index in [1.807, 2.05) is 11.8 Å². The molecule has 0 spiro atoms. The first-order valence-corrected chi connectivity index (χ1v) is 6.68. The van der Waals surface area contributed by atoms with Crippen molar-refractivity contribution >= 4 is 28.7 Å². The fraction of sp³-hybridized carbons (Fsp3) is 0.500. The molecule has 108 valence electrons. The van der Waals surface area contributed by atoms with Crippen LogP contribution in [0.15, 0.2) is 12.1 Å². The van der Waals surface area contributed by atoms with Crippen LogP contribution in [0.5, 0.6) is 0 Å². The average Bonchev–Trinajstić information content (AvgIpc) is 2.38. The van der Waals surface area contributed by atoms with Crippen molar-refractivity contribution in [2.75, 3.05) is 11.4 Å². The van der Waals surface area contributed by atoms with E-state index in [2.05, 4.69) is 0 Å². The summed E-state index contributed by atoms with van der Waals surface area (Å²) in [5.41, 5.74) is -0.387. The number of nitro benzene ring substituents is 2. The second kappa shape index (κ2) is 5.62. The first kappa shape index (κ1) is 14.5. The number of halogens is 1. The van der Waals surface area contributed by atoms with Gasteiger partial charge in [0.25, 0.3) is 5.69 Å². The highest BCUT2D eigenvalue weighted by atomic mass is 35.5. The molecule has 0 aromatic heterocycles. The maximum atomic E-state index is 11.2. The number of non-ortho nitro benzene ring substituents is 1. The number of nitrogens with zero attached hydrogens (tertiary/aromatic N) is 3. The molecule has 1 atom stereocenters. The van der Waals surface area contributed by atoms with E-state index in [0.717, 1.165) is 25.3 Å². The van der Waals surface area contributed by atoms with Crippen molar-refractivity contribution in [3.05, 3.63) is 37.4 Å². The third-order valence-electron chi connectivity index (χ3n) is 3.53. The van der Waals surface area contributed by atoms with Crippen LogP contribution < -0.4 is 4.90 Å². The zero-order valence-corrected chi connectivity index (χ0v) is 11.7. The minimum absolute atomic E-state index is 0.0552. The molecular weight excluding hydrogens is 286 g/mol. The number of hydrogen-bond acceptors (Lipinski definition) is 5. The van der Waals surface area contributed by atoms with Crippen LogP contribution in [0.1, 0.15) is 26.2 Å². The summed E-state index contributed by atoms with van der Waals surface area (Å²) in [5, 5.41) is 22.0. The summed E-state index contributed by atoms with van der Waals surface area (Å²) in [6.07, 6.45) is 2.91. The minimum atomic E-state index is -0.678. The predicted octanol–water partition coefficient (Wildman–Crippen LogP) is 3.54. The molecule has 1 saturated heterocycles.